The van der Waals surface area contributed by atoms with E-state index in [0.717, 1.165) is 59.8 Å². The predicted octanol–water partition coefficient (Wildman–Crippen LogP) is 4.13. The van der Waals surface area contributed by atoms with Crippen LogP contribution in [0.3, 0.4) is 0 Å². The van der Waals surface area contributed by atoms with Gasteiger partial charge in [0.2, 0.25) is 11.9 Å². The van der Waals surface area contributed by atoms with E-state index in [9.17, 15) is 4.79 Å². The van der Waals surface area contributed by atoms with Crippen molar-refractivity contribution < 1.29 is 9.53 Å². The first-order chi connectivity index (χ1) is 14.9. The van der Waals surface area contributed by atoms with E-state index in [2.05, 4.69) is 36.1 Å². The van der Waals surface area contributed by atoms with Gasteiger partial charge in [-0.1, -0.05) is 29.8 Å². The van der Waals surface area contributed by atoms with Gasteiger partial charge in [-0.2, -0.15) is 0 Å². The van der Waals surface area contributed by atoms with Crippen molar-refractivity contribution in [3.8, 4) is 5.75 Å². The Labute approximate surface area is 183 Å². The number of hydrogen-bond acceptors (Lipinski definition) is 5. The molecule has 31 heavy (non-hydrogen) atoms. The van der Waals surface area contributed by atoms with Crippen molar-refractivity contribution >= 4 is 22.8 Å². The van der Waals surface area contributed by atoms with Crippen molar-refractivity contribution in [1.82, 2.24) is 14.9 Å². The zero-order chi connectivity index (χ0) is 22.0. The smallest absolute Gasteiger partial charge is 0.226 e. The van der Waals surface area contributed by atoms with Gasteiger partial charge in [-0.3, -0.25) is 4.79 Å². The fourth-order valence-corrected chi connectivity index (χ4v) is 4.20. The highest BCUT2D eigenvalue weighted by molar-refractivity contribution is 5.83. The van der Waals surface area contributed by atoms with Gasteiger partial charge >= 0.3 is 0 Å². The van der Waals surface area contributed by atoms with Crippen LogP contribution in [0.4, 0.5) is 5.95 Å². The minimum absolute atomic E-state index is 0.0494. The third kappa shape index (κ3) is 4.63. The molecule has 1 aliphatic heterocycles. The number of methoxy groups -OCH3 is 1. The Morgan fingerprint density at radius 2 is 1.81 bits per heavy atom. The molecule has 4 rings (SSSR count). The van der Waals surface area contributed by atoms with Gasteiger partial charge in [-0.05, 0) is 44.4 Å². The third-order valence-electron chi connectivity index (χ3n) is 6.13. The molecule has 0 radical (unpaired) electrons. The second-order valence-corrected chi connectivity index (χ2v) is 8.43. The molecule has 0 saturated carbocycles. The average Bonchev–Trinajstić information content (AvgIpc) is 2.79. The Balaban J connectivity index is 1.41. The fraction of sp³-hybridized carbons (Fsp3) is 0.400. The lowest BCUT2D eigenvalue weighted by Crippen LogP contribution is -2.41. The van der Waals surface area contributed by atoms with E-state index in [1.165, 1.54) is 5.56 Å². The van der Waals surface area contributed by atoms with Crippen LogP contribution >= 0.6 is 0 Å². The van der Waals surface area contributed by atoms with Crippen molar-refractivity contribution in [2.45, 2.75) is 33.2 Å². The number of fused-ring (bicyclic) bond motifs is 1. The number of carbonyl (C=O) groups excluding carboxylic acids is 1. The third-order valence-corrected chi connectivity index (χ3v) is 6.13. The molecule has 1 saturated heterocycles. The molecule has 0 aliphatic carbocycles. The van der Waals surface area contributed by atoms with E-state index in [1.54, 1.807) is 7.11 Å². The second-order valence-electron chi connectivity index (χ2n) is 8.43. The van der Waals surface area contributed by atoms with E-state index < -0.39 is 0 Å². The summed E-state index contributed by atoms with van der Waals surface area (Å²) in [5, 5.41) is 1.03. The van der Waals surface area contributed by atoms with Crippen molar-refractivity contribution in [3.05, 3.63) is 59.3 Å². The average molecular weight is 419 g/mol. The van der Waals surface area contributed by atoms with Crippen molar-refractivity contribution in [1.29, 1.82) is 0 Å². The number of rotatable bonds is 5. The predicted molar refractivity (Wildman–Crippen MR) is 123 cm³/mol. The molecule has 0 spiro atoms. The van der Waals surface area contributed by atoms with Gasteiger partial charge in [0.05, 0.1) is 18.3 Å². The second kappa shape index (κ2) is 8.92. The Hall–Kier alpha value is -3.15. The maximum absolute atomic E-state index is 13.0. The molecule has 0 bridgehead atoms. The zero-order valence-electron chi connectivity index (χ0n) is 18.8. The van der Waals surface area contributed by atoms with Gasteiger partial charge in [0.15, 0.2) is 0 Å². The Bertz CT molecular complexity index is 1070. The van der Waals surface area contributed by atoms with Gasteiger partial charge < -0.3 is 14.5 Å². The summed E-state index contributed by atoms with van der Waals surface area (Å²) in [6, 6.07) is 14.3. The standard InChI is InChI=1S/C25H30N4O2/c1-17-5-7-19(8-6-17)16-28(3)24(30)20-11-13-29(14-12-20)25-26-18(2)22-10-9-21(31-4)15-23(22)27-25/h5-10,15,20H,11-14,16H2,1-4H3. The molecular weight excluding hydrogens is 388 g/mol. The van der Waals surface area contributed by atoms with Crippen molar-refractivity contribution in [3.63, 3.8) is 0 Å². The zero-order valence-corrected chi connectivity index (χ0v) is 18.8. The summed E-state index contributed by atoms with van der Waals surface area (Å²) in [6.45, 7) is 6.29. The number of piperidine rings is 1. The first kappa shape index (κ1) is 21.1. The number of ether oxygens (including phenoxy) is 1. The van der Waals surface area contributed by atoms with Crippen molar-refractivity contribution in [2.75, 3.05) is 32.1 Å². The van der Waals surface area contributed by atoms with E-state index in [4.69, 9.17) is 14.7 Å². The lowest BCUT2D eigenvalue weighted by Gasteiger charge is -2.33. The van der Waals surface area contributed by atoms with Crippen LogP contribution < -0.4 is 9.64 Å². The molecule has 6 heteroatoms. The van der Waals surface area contributed by atoms with Crippen LogP contribution in [0.15, 0.2) is 42.5 Å². The van der Waals surface area contributed by atoms with Crippen LogP contribution in [0, 0.1) is 19.8 Å². The molecular formula is C25H30N4O2. The quantitative estimate of drug-likeness (QED) is 0.624. The monoisotopic (exact) mass is 418 g/mol. The number of aromatic nitrogens is 2. The normalized spacial score (nSPS) is 14.6. The topological polar surface area (TPSA) is 58.6 Å². The van der Waals surface area contributed by atoms with Crippen LogP contribution in [0.1, 0.15) is 29.7 Å². The Morgan fingerprint density at radius 3 is 2.48 bits per heavy atom. The summed E-state index contributed by atoms with van der Waals surface area (Å²) in [4.78, 5) is 26.5. The summed E-state index contributed by atoms with van der Waals surface area (Å²) in [7, 11) is 3.56. The van der Waals surface area contributed by atoms with Crippen LogP contribution in [0.25, 0.3) is 10.9 Å². The number of hydrogen-bond donors (Lipinski definition) is 0. The van der Waals surface area contributed by atoms with Gasteiger partial charge in [0, 0.05) is 44.1 Å². The first-order valence-electron chi connectivity index (χ1n) is 10.8. The van der Waals surface area contributed by atoms with E-state index >= 15 is 0 Å². The number of aryl methyl sites for hydroxylation is 2. The first-order valence-corrected chi connectivity index (χ1v) is 10.8. The summed E-state index contributed by atoms with van der Waals surface area (Å²) in [6.07, 6.45) is 1.63. The van der Waals surface area contributed by atoms with Gasteiger partial charge in [-0.15, -0.1) is 0 Å². The minimum Gasteiger partial charge on any atom is -0.497 e. The van der Waals surface area contributed by atoms with Gasteiger partial charge in [0.1, 0.15) is 5.75 Å². The van der Waals surface area contributed by atoms with Crippen LogP contribution in [-0.2, 0) is 11.3 Å². The number of benzene rings is 2. The van der Waals surface area contributed by atoms with Gasteiger partial charge in [-0.25, -0.2) is 9.97 Å². The molecule has 0 N–H and O–H groups in total. The minimum atomic E-state index is 0.0494. The largest absolute Gasteiger partial charge is 0.497 e. The van der Waals surface area contributed by atoms with Crippen LogP contribution in [-0.4, -0.2) is 48.0 Å². The highest BCUT2D eigenvalue weighted by atomic mass is 16.5. The van der Waals surface area contributed by atoms with Gasteiger partial charge in [0.25, 0.3) is 0 Å². The lowest BCUT2D eigenvalue weighted by atomic mass is 9.95. The molecule has 162 valence electrons. The molecule has 0 atom stereocenters. The molecule has 1 fully saturated rings. The maximum atomic E-state index is 13.0. The summed E-state index contributed by atoms with van der Waals surface area (Å²) < 4.78 is 5.34. The maximum Gasteiger partial charge on any atom is 0.226 e. The summed E-state index contributed by atoms with van der Waals surface area (Å²) in [5.74, 6) is 1.79. The number of anilines is 1. The lowest BCUT2D eigenvalue weighted by molar-refractivity contribution is -0.135. The Kier molecular flexibility index (Phi) is 6.07. The highest BCUT2D eigenvalue weighted by Gasteiger charge is 2.28. The highest BCUT2D eigenvalue weighted by Crippen LogP contribution is 2.27. The Morgan fingerprint density at radius 1 is 1.10 bits per heavy atom. The van der Waals surface area contributed by atoms with Crippen LogP contribution in [0.2, 0.25) is 0 Å². The van der Waals surface area contributed by atoms with Crippen molar-refractivity contribution in [2.24, 2.45) is 5.92 Å². The molecule has 1 aliphatic rings. The van der Waals surface area contributed by atoms with E-state index in [1.807, 2.05) is 37.1 Å². The molecule has 2 aromatic carbocycles. The molecule has 2 heterocycles. The summed E-state index contributed by atoms with van der Waals surface area (Å²) >= 11 is 0. The fourth-order valence-electron chi connectivity index (χ4n) is 4.20. The molecule has 6 nitrogen and oxygen atoms in total. The molecule has 0 unspecified atom stereocenters. The molecule has 3 aromatic rings. The van der Waals surface area contributed by atoms with Crippen LogP contribution in [0.5, 0.6) is 5.75 Å². The number of carbonyl (C=O) groups is 1. The number of nitrogens with zero attached hydrogens (tertiary/aromatic N) is 4. The van der Waals surface area contributed by atoms with E-state index in [0.29, 0.717) is 6.54 Å². The van der Waals surface area contributed by atoms with E-state index in [-0.39, 0.29) is 11.8 Å². The molecule has 1 aromatic heterocycles. The molecule has 1 amide bonds. The SMILES string of the molecule is COc1ccc2c(C)nc(N3CCC(C(=O)N(C)Cc4ccc(C)cc4)CC3)nc2c1. The number of amides is 1. The summed E-state index contributed by atoms with van der Waals surface area (Å²) in [5.41, 5.74) is 4.24.